The van der Waals surface area contributed by atoms with E-state index in [0.29, 0.717) is 25.5 Å². The molecule has 1 aliphatic rings. The van der Waals surface area contributed by atoms with Crippen LogP contribution in [0.25, 0.3) is 0 Å². The van der Waals surface area contributed by atoms with E-state index >= 15 is 0 Å². The summed E-state index contributed by atoms with van der Waals surface area (Å²) < 4.78 is 5.20. The molecule has 1 aromatic carbocycles. The van der Waals surface area contributed by atoms with Crippen molar-refractivity contribution in [3.05, 3.63) is 24.3 Å². The fourth-order valence-electron chi connectivity index (χ4n) is 2.39. The summed E-state index contributed by atoms with van der Waals surface area (Å²) in [7, 11) is 3.26. The number of methoxy groups -OCH3 is 1. The molecule has 23 heavy (non-hydrogen) atoms. The molecule has 2 rings (SSSR count). The first kappa shape index (κ1) is 19.5. The van der Waals surface area contributed by atoms with Crippen molar-refractivity contribution in [2.45, 2.75) is 12.5 Å². The molecule has 8 heteroatoms. The molecular formula is C15H23IN4O3. The number of nitrogens with one attached hydrogen (secondary N) is 2. The standard InChI is InChI=1S/C15H22N4O3.HI/c1-16-15(17-6-7-20)18-11-8-14(21)19(10-11)12-4-3-5-13(9-12)22-2;/h3-5,9,11,20H,6-8,10H2,1-2H3,(H2,16,17,18);1H. The Morgan fingerprint density at radius 2 is 2.30 bits per heavy atom. The number of nitrogens with zero attached hydrogens (tertiary/aromatic N) is 2. The van der Waals surface area contributed by atoms with E-state index in [-0.39, 0.29) is 42.5 Å². The van der Waals surface area contributed by atoms with Gasteiger partial charge in [-0.15, -0.1) is 24.0 Å². The molecule has 3 N–H and O–H groups in total. The lowest BCUT2D eigenvalue weighted by Crippen LogP contribution is -2.45. The third kappa shape index (κ3) is 5.24. The molecule has 1 amide bonds. The van der Waals surface area contributed by atoms with Crippen LogP contribution in [-0.4, -0.2) is 56.9 Å². The first-order valence-electron chi connectivity index (χ1n) is 7.20. The number of aliphatic hydroxyl groups is 1. The molecule has 1 atom stereocenters. The van der Waals surface area contributed by atoms with Crippen molar-refractivity contribution in [1.29, 1.82) is 0 Å². The van der Waals surface area contributed by atoms with Gasteiger partial charge in [0.1, 0.15) is 5.75 Å². The van der Waals surface area contributed by atoms with Crippen molar-refractivity contribution in [2.24, 2.45) is 4.99 Å². The van der Waals surface area contributed by atoms with E-state index in [9.17, 15) is 4.79 Å². The number of hydrogen-bond donors (Lipinski definition) is 3. The number of carbonyl (C=O) groups excluding carboxylic acids is 1. The minimum atomic E-state index is -0.0245. The fourth-order valence-corrected chi connectivity index (χ4v) is 2.39. The smallest absolute Gasteiger partial charge is 0.229 e. The van der Waals surface area contributed by atoms with E-state index in [2.05, 4.69) is 15.6 Å². The van der Waals surface area contributed by atoms with Gasteiger partial charge in [-0.25, -0.2) is 0 Å². The van der Waals surface area contributed by atoms with Crippen LogP contribution in [0.1, 0.15) is 6.42 Å². The van der Waals surface area contributed by atoms with Crippen LogP contribution in [0.15, 0.2) is 29.3 Å². The summed E-state index contributed by atoms with van der Waals surface area (Å²) in [5.41, 5.74) is 0.826. The fraction of sp³-hybridized carbons (Fsp3) is 0.467. The van der Waals surface area contributed by atoms with Gasteiger partial charge in [-0.2, -0.15) is 0 Å². The van der Waals surface area contributed by atoms with Gasteiger partial charge in [-0.05, 0) is 12.1 Å². The average Bonchev–Trinajstić information content (AvgIpc) is 2.92. The second-order valence-corrected chi connectivity index (χ2v) is 4.97. The zero-order valence-electron chi connectivity index (χ0n) is 13.3. The highest BCUT2D eigenvalue weighted by atomic mass is 127. The molecule has 1 aliphatic heterocycles. The quantitative estimate of drug-likeness (QED) is 0.359. The number of rotatable bonds is 5. The van der Waals surface area contributed by atoms with Gasteiger partial charge in [-0.1, -0.05) is 6.07 Å². The van der Waals surface area contributed by atoms with E-state index in [0.717, 1.165) is 11.4 Å². The molecule has 0 radical (unpaired) electrons. The Labute approximate surface area is 153 Å². The summed E-state index contributed by atoms with van der Waals surface area (Å²) in [4.78, 5) is 18.0. The van der Waals surface area contributed by atoms with Gasteiger partial charge in [0.2, 0.25) is 5.91 Å². The van der Waals surface area contributed by atoms with Crippen molar-refractivity contribution in [3.8, 4) is 5.75 Å². The Morgan fingerprint density at radius 1 is 1.52 bits per heavy atom. The maximum Gasteiger partial charge on any atom is 0.229 e. The van der Waals surface area contributed by atoms with E-state index in [1.54, 1.807) is 19.1 Å². The summed E-state index contributed by atoms with van der Waals surface area (Å²) in [5, 5.41) is 15.0. The van der Waals surface area contributed by atoms with E-state index < -0.39 is 0 Å². The lowest BCUT2D eigenvalue weighted by Gasteiger charge is -2.19. The van der Waals surface area contributed by atoms with Crippen molar-refractivity contribution in [2.75, 3.05) is 38.8 Å². The molecule has 128 valence electrons. The van der Waals surface area contributed by atoms with Crippen molar-refractivity contribution < 1.29 is 14.6 Å². The topological polar surface area (TPSA) is 86.2 Å². The van der Waals surface area contributed by atoms with E-state index in [1.165, 1.54) is 0 Å². The lowest BCUT2D eigenvalue weighted by molar-refractivity contribution is -0.117. The minimum absolute atomic E-state index is 0. The lowest BCUT2D eigenvalue weighted by atomic mass is 10.2. The minimum Gasteiger partial charge on any atom is -0.497 e. The number of aliphatic imine (C=N–C) groups is 1. The van der Waals surface area contributed by atoms with Gasteiger partial charge in [0.05, 0.1) is 19.8 Å². The predicted molar refractivity (Wildman–Crippen MR) is 101 cm³/mol. The van der Waals surface area contributed by atoms with E-state index in [4.69, 9.17) is 9.84 Å². The third-order valence-electron chi connectivity index (χ3n) is 3.46. The molecule has 0 spiro atoms. The maximum atomic E-state index is 12.2. The summed E-state index contributed by atoms with van der Waals surface area (Å²) >= 11 is 0. The maximum absolute atomic E-state index is 12.2. The number of anilines is 1. The first-order chi connectivity index (χ1) is 10.7. The Hall–Kier alpha value is -1.55. The predicted octanol–water partition coefficient (Wildman–Crippen LogP) is 0.576. The second kappa shape index (κ2) is 9.56. The molecular weight excluding hydrogens is 411 g/mol. The Morgan fingerprint density at radius 3 is 2.96 bits per heavy atom. The van der Waals surface area contributed by atoms with Gasteiger partial charge in [0.25, 0.3) is 0 Å². The summed E-state index contributed by atoms with van der Waals surface area (Å²) in [6.45, 7) is 1.01. The summed E-state index contributed by atoms with van der Waals surface area (Å²) in [6, 6.07) is 7.43. The van der Waals surface area contributed by atoms with Crippen LogP contribution >= 0.6 is 24.0 Å². The Balaban J connectivity index is 0.00000264. The van der Waals surface area contributed by atoms with Crippen LogP contribution < -0.4 is 20.3 Å². The molecule has 7 nitrogen and oxygen atoms in total. The number of amides is 1. The van der Waals surface area contributed by atoms with Crippen LogP contribution in [0.2, 0.25) is 0 Å². The summed E-state index contributed by atoms with van der Waals surface area (Å²) in [5.74, 6) is 1.37. The molecule has 1 saturated heterocycles. The second-order valence-electron chi connectivity index (χ2n) is 4.97. The van der Waals surface area contributed by atoms with Gasteiger partial charge >= 0.3 is 0 Å². The molecule has 0 aromatic heterocycles. The van der Waals surface area contributed by atoms with Crippen LogP contribution in [-0.2, 0) is 4.79 Å². The van der Waals surface area contributed by atoms with Crippen molar-refractivity contribution in [3.63, 3.8) is 0 Å². The number of guanidine groups is 1. The Bertz CT molecular complexity index is 553. The van der Waals surface area contributed by atoms with Crippen LogP contribution in [0.4, 0.5) is 5.69 Å². The highest BCUT2D eigenvalue weighted by molar-refractivity contribution is 14.0. The number of hydrogen-bond acceptors (Lipinski definition) is 4. The number of ether oxygens (including phenoxy) is 1. The number of halogens is 1. The van der Waals surface area contributed by atoms with Crippen LogP contribution in [0.3, 0.4) is 0 Å². The zero-order valence-corrected chi connectivity index (χ0v) is 15.6. The van der Waals surface area contributed by atoms with Gasteiger partial charge in [0, 0.05) is 38.3 Å². The molecule has 0 saturated carbocycles. The van der Waals surface area contributed by atoms with Gasteiger partial charge in [-0.3, -0.25) is 9.79 Å². The molecule has 1 aromatic rings. The molecule has 1 heterocycles. The van der Waals surface area contributed by atoms with E-state index in [1.807, 2.05) is 24.3 Å². The highest BCUT2D eigenvalue weighted by Gasteiger charge is 2.31. The molecule has 0 aliphatic carbocycles. The zero-order chi connectivity index (χ0) is 15.9. The Kier molecular flexibility index (Phi) is 8.10. The number of benzene rings is 1. The van der Waals surface area contributed by atoms with Gasteiger partial charge < -0.3 is 25.4 Å². The van der Waals surface area contributed by atoms with Crippen LogP contribution in [0.5, 0.6) is 5.75 Å². The van der Waals surface area contributed by atoms with Crippen molar-refractivity contribution >= 4 is 41.5 Å². The molecule has 1 fully saturated rings. The van der Waals surface area contributed by atoms with Crippen LogP contribution in [0, 0.1) is 0 Å². The SMILES string of the molecule is CN=C(NCCO)NC1CC(=O)N(c2cccc(OC)c2)C1.I. The number of carbonyl (C=O) groups is 1. The monoisotopic (exact) mass is 434 g/mol. The van der Waals surface area contributed by atoms with Crippen molar-refractivity contribution in [1.82, 2.24) is 10.6 Å². The van der Waals surface area contributed by atoms with Gasteiger partial charge in [0.15, 0.2) is 5.96 Å². The largest absolute Gasteiger partial charge is 0.497 e. The number of aliphatic hydroxyl groups excluding tert-OH is 1. The normalized spacial score (nSPS) is 17.7. The highest BCUT2D eigenvalue weighted by Crippen LogP contribution is 2.25. The molecule has 1 unspecified atom stereocenters. The average molecular weight is 434 g/mol. The third-order valence-corrected chi connectivity index (χ3v) is 3.46. The first-order valence-corrected chi connectivity index (χ1v) is 7.20. The summed E-state index contributed by atoms with van der Waals surface area (Å²) in [6.07, 6.45) is 0.400. The molecule has 0 bridgehead atoms.